The average molecular weight is 180 g/mol. The van der Waals surface area contributed by atoms with E-state index in [1.54, 1.807) is 0 Å². The minimum absolute atomic E-state index is 0.444. The number of hydrogen-bond acceptors (Lipinski definition) is 2. The summed E-state index contributed by atoms with van der Waals surface area (Å²) in [6, 6.07) is 0. The predicted molar refractivity (Wildman–Crippen MR) is 56.5 cm³/mol. The Morgan fingerprint density at radius 3 is 2.92 bits per heavy atom. The molecule has 0 unspecified atom stereocenters. The Hall–Kier alpha value is -0.520. The third-order valence-corrected chi connectivity index (χ3v) is 2.71. The molecule has 1 saturated heterocycles. The summed E-state index contributed by atoms with van der Waals surface area (Å²) in [5.74, 6) is 3.97. The molecule has 1 aliphatic heterocycles. The molecule has 0 aromatic carbocycles. The molecular formula is C11H20N2. The summed E-state index contributed by atoms with van der Waals surface area (Å²) < 4.78 is 0. The van der Waals surface area contributed by atoms with Crippen LogP contribution in [-0.2, 0) is 0 Å². The highest BCUT2D eigenvalue weighted by molar-refractivity contribution is 5.01. The lowest BCUT2D eigenvalue weighted by atomic mass is 9.96. The van der Waals surface area contributed by atoms with Gasteiger partial charge in [-0.2, -0.15) is 0 Å². The lowest BCUT2D eigenvalue weighted by Crippen LogP contribution is -2.30. The van der Waals surface area contributed by atoms with E-state index in [9.17, 15) is 0 Å². The summed E-state index contributed by atoms with van der Waals surface area (Å²) in [5.41, 5.74) is 0. The third kappa shape index (κ3) is 3.02. The molecule has 0 saturated carbocycles. The fourth-order valence-corrected chi connectivity index (χ4v) is 1.99. The van der Waals surface area contributed by atoms with Crippen LogP contribution in [0.5, 0.6) is 0 Å². The topological polar surface area (TPSA) is 15.3 Å². The second-order valence-electron chi connectivity index (χ2n) is 3.95. The van der Waals surface area contributed by atoms with Crippen LogP contribution in [0.2, 0.25) is 0 Å². The maximum atomic E-state index is 5.47. The zero-order chi connectivity index (χ0) is 9.68. The quantitative estimate of drug-likeness (QED) is 0.644. The van der Waals surface area contributed by atoms with E-state index in [-0.39, 0.29) is 0 Å². The molecule has 1 heterocycles. The van der Waals surface area contributed by atoms with Gasteiger partial charge in [-0.15, -0.1) is 12.3 Å². The standard InChI is InChI=1S/C11H20N2/c1-4-6-13(3)9-11-8-12-7-10(11)5-2/h2,10-12H,4,6-9H2,1,3H3/t10-,11-/m1/s1. The van der Waals surface area contributed by atoms with E-state index < -0.39 is 0 Å². The first-order valence-corrected chi connectivity index (χ1v) is 5.13. The van der Waals surface area contributed by atoms with Crippen LogP contribution in [0.25, 0.3) is 0 Å². The molecule has 0 spiro atoms. The molecule has 0 aromatic rings. The van der Waals surface area contributed by atoms with Crippen LogP contribution in [0.3, 0.4) is 0 Å². The number of nitrogens with one attached hydrogen (secondary N) is 1. The summed E-state index contributed by atoms with van der Waals surface area (Å²) in [6.45, 7) is 6.61. The maximum Gasteiger partial charge on any atom is 0.0377 e. The number of terminal acetylenes is 1. The van der Waals surface area contributed by atoms with Gasteiger partial charge in [-0.25, -0.2) is 0 Å². The largest absolute Gasteiger partial charge is 0.315 e. The minimum Gasteiger partial charge on any atom is -0.315 e. The molecular weight excluding hydrogens is 160 g/mol. The third-order valence-electron chi connectivity index (χ3n) is 2.71. The predicted octanol–water partition coefficient (Wildman–Crippen LogP) is 0.797. The first-order chi connectivity index (χ1) is 6.27. The first kappa shape index (κ1) is 10.6. The maximum absolute atomic E-state index is 5.47. The second kappa shape index (κ2) is 5.26. The van der Waals surface area contributed by atoms with Gasteiger partial charge in [-0.3, -0.25) is 0 Å². The normalized spacial score (nSPS) is 27.8. The van der Waals surface area contributed by atoms with E-state index in [0.29, 0.717) is 11.8 Å². The van der Waals surface area contributed by atoms with Crippen LogP contribution in [0.15, 0.2) is 0 Å². The van der Waals surface area contributed by atoms with Crippen molar-refractivity contribution in [2.45, 2.75) is 13.3 Å². The van der Waals surface area contributed by atoms with E-state index in [4.69, 9.17) is 6.42 Å². The number of rotatable bonds is 4. The molecule has 1 aliphatic rings. The van der Waals surface area contributed by atoms with Crippen molar-refractivity contribution in [3.05, 3.63) is 0 Å². The molecule has 0 bridgehead atoms. The zero-order valence-corrected chi connectivity index (χ0v) is 8.71. The van der Waals surface area contributed by atoms with Crippen molar-refractivity contribution in [2.24, 2.45) is 11.8 Å². The monoisotopic (exact) mass is 180 g/mol. The van der Waals surface area contributed by atoms with Crippen molar-refractivity contribution in [2.75, 3.05) is 33.2 Å². The first-order valence-electron chi connectivity index (χ1n) is 5.13. The van der Waals surface area contributed by atoms with Gasteiger partial charge in [0.25, 0.3) is 0 Å². The highest BCUT2D eigenvalue weighted by Crippen LogP contribution is 2.16. The molecule has 2 heteroatoms. The zero-order valence-electron chi connectivity index (χ0n) is 8.71. The van der Waals surface area contributed by atoms with Crippen molar-refractivity contribution >= 4 is 0 Å². The lowest BCUT2D eigenvalue weighted by molar-refractivity contribution is 0.271. The molecule has 2 nitrogen and oxygen atoms in total. The van der Waals surface area contributed by atoms with Gasteiger partial charge in [0, 0.05) is 25.6 Å². The van der Waals surface area contributed by atoms with Crippen LogP contribution < -0.4 is 5.32 Å². The van der Waals surface area contributed by atoms with Crippen LogP contribution in [0.4, 0.5) is 0 Å². The molecule has 0 radical (unpaired) electrons. The summed E-state index contributed by atoms with van der Waals surface area (Å²) in [6.07, 6.45) is 6.68. The lowest BCUT2D eigenvalue weighted by Gasteiger charge is -2.21. The Balaban J connectivity index is 2.31. The Morgan fingerprint density at radius 1 is 1.54 bits per heavy atom. The Bertz CT molecular complexity index is 183. The van der Waals surface area contributed by atoms with Crippen molar-refractivity contribution < 1.29 is 0 Å². The Labute approximate surface area is 81.7 Å². The van der Waals surface area contributed by atoms with Gasteiger partial charge in [-0.1, -0.05) is 6.92 Å². The highest BCUT2D eigenvalue weighted by atomic mass is 15.1. The van der Waals surface area contributed by atoms with Gasteiger partial charge >= 0.3 is 0 Å². The molecule has 0 aliphatic carbocycles. The van der Waals surface area contributed by atoms with Gasteiger partial charge in [-0.05, 0) is 25.9 Å². The van der Waals surface area contributed by atoms with Crippen molar-refractivity contribution in [1.29, 1.82) is 0 Å². The average Bonchev–Trinajstić information content (AvgIpc) is 2.52. The van der Waals surface area contributed by atoms with Crippen molar-refractivity contribution in [1.82, 2.24) is 10.2 Å². The van der Waals surface area contributed by atoms with Crippen LogP contribution in [0, 0.1) is 24.2 Å². The minimum atomic E-state index is 0.444. The van der Waals surface area contributed by atoms with Gasteiger partial charge < -0.3 is 10.2 Å². The molecule has 0 aromatic heterocycles. The van der Waals surface area contributed by atoms with Crippen LogP contribution in [-0.4, -0.2) is 38.1 Å². The molecule has 2 atom stereocenters. The summed E-state index contributed by atoms with van der Waals surface area (Å²) in [4.78, 5) is 2.38. The fourth-order valence-electron chi connectivity index (χ4n) is 1.99. The Morgan fingerprint density at radius 2 is 2.31 bits per heavy atom. The van der Waals surface area contributed by atoms with E-state index in [2.05, 4.69) is 30.1 Å². The molecule has 74 valence electrons. The van der Waals surface area contributed by atoms with E-state index in [1.165, 1.54) is 13.0 Å². The van der Waals surface area contributed by atoms with E-state index in [1.807, 2.05) is 0 Å². The van der Waals surface area contributed by atoms with Crippen LogP contribution >= 0.6 is 0 Å². The number of hydrogen-bond donors (Lipinski definition) is 1. The van der Waals surface area contributed by atoms with E-state index >= 15 is 0 Å². The Kier molecular flexibility index (Phi) is 4.27. The number of nitrogens with zero attached hydrogens (tertiary/aromatic N) is 1. The SMILES string of the molecule is C#C[C@@H]1CNC[C@@H]1CN(C)CCC. The van der Waals surface area contributed by atoms with Gasteiger partial charge in [0.15, 0.2) is 0 Å². The van der Waals surface area contributed by atoms with E-state index in [0.717, 1.165) is 19.6 Å². The summed E-state index contributed by atoms with van der Waals surface area (Å²) >= 11 is 0. The smallest absolute Gasteiger partial charge is 0.0377 e. The summed E-state index contributed by atoms with van der Waals surface area (Å²) in [5, 5.41) is 3.35. The molecule has 13 heavy (non-hydrogen) atoms. The second-order valence-corrected chi connectivity index (χ2v) is 3.95. The van der Waals surface area contributed by atoms with Gasteiger partial charge in [0.2, 0.25) is 0 Å². The molecule has 1 rings (SSSR count). The van der Waals surface area contributed by atoms with Crippen molar-refractivity contribution in [3.63, 3.8) is 0 Å². The van der Waals surface area contributed by atoms with Gasteiger partial charge in [0.05, 0.1) is 0 Å². The summed E-state index contributed by atoms with van der Waals surface area (Å²) in [7, 11) is 2.18. The van der Waals surface area contributed by atoms with Crippen molar-refractivity contribution in [3.8, 4) is 12.3 Å². The molecule has 1 N–H and O–H groups in total. The van der Waals surface area contributed by atoms with Gasteiger partial charge in [0.1, 0.15) is 0 Å². The highest BCUT2D eigenvalue weighted by Gasteiger charge is 2.25. The fraction of sp³-hybridized carbons (Fsp3) is 0.818. The molecule has 1 fully saturated rings. The molecule has 0 amide bonds. The van der Waals surface area contributed by atoms with Crippen LogP contribution in [0.1, 0.15) is 13.3 Å².